The molecular formula is C21H23NO3. The van der Waals surface area contributed by atoms with Gasteiger partial charge >= 0.3 is 0 Å². The lowest BCUT2D eigenvalue weighted by atomic mass is 9.90. The summed E-state index contributed by atoms with van der Waals surface area (Å²) < 4.78 is 11.3. The molecule has 4 rings (SSSR count). The van der Waals surface area contributed by atoms with Gasteiger partial charge in [0.05, 0.1) is 0 Å². The highest BCUT2D eigenvalue weighted by molar-refractivity contribution is 5.94. The topological polar surface area (TPSA) is 47.6 Å². The summed E-state index contributed by atoms with van der Waals surface area (Å²) in [5.41, 5.74) is 2.01. The molecular weight excluding hydrogens is 314 g/mol. The molecule has 4 heteroatoms. The predicted octanol–water partition coefficient (Wildman–Crippen LogP) is 3.77. The molecule has 2 aromatic rings. The van der Waals surface area contributed by atoms with Gasteiger partial charge in [-0.25, -0.2) is 0 Å². The Balaban J connectivity index is 1.40. The monoisotopic (exact) mass is 337 g/mol. The molecule has 2 aliphatic rings. The van der Waals surface area contributed by atoms with Gasteiger partial charge in [0.1, 0.15) is 13.2 Å². The molecule has 0 radical (unpaired) electrons. The lowest BCUT2D eigenvalue weighted by Gasteiger charge is -2.22. The number of hydrogen-bond acceptors (Lipinski definition) is 3. The highest BCUT2D eigenvalue weighted by Crippen LogP contribution is 2.46. The fourth-order valence-electron chi connectivity index (χ4n) is 3.50. The van der Waals surface area contributed by atoms with Gasteiger partial charge < -0.3 is 14.8 Å². The lowest BCUT2D eigenvalue weighted by molar-refractivity contribution is 0.0952. The van der Waals surface area contributed by atoms with E-state index in [1.807, 2.05) is 36.4 Å². The number of ether oxygens (including phenoxy) is 2. The largest absolute Gasteiger partial charge is 0.486 e. The van der Waals surface area contributed by atoms with Crippen molar-refractivity contribution in [3.05, 3.63) is 59.7 Å². The van der Waals surface area contributed by atoms with Crippen LogP contribution in [-0.2, 0) is 0 Å². The highest BCUT2D eigenvalue weighted by Gasteiger charge is 2.32. The number of carbonyl (C=O) groups is 1. The Morgan fingerprint density at radius 3 is 2.56 bits per heavy atom. The van der Waals surface area contributed by atoms with Crippen molar-refractivity contribution >= 4 is 5.91 Å². The zero-order valence-electron chi connectivity index (χ0n) is 14.2. The first-order valence-electron chi connectivity index (χ1n) is 9.04. The van der Waals surface area contributed by atoms with Crippen molar-refractivity contribution in [2.24, 2.45) is 5.92 Å². The third-order valence-corrected chi connectivity index (χ3v) is 4.96. The number of hydrogen-bond donors (Lipinski definition) is 1. The number of benzene rings is 2. The SMILES string of the molecule is O=C(NCCC(c1ccc2c(c1)OCCO2)C1CC1)c1ccccc1. The summed E-state index contributed by atoms with van der Waals surface area (Å²) in [6, 6.07) is 15.7. The third-order valence-electron chi connectivity index (χ3n) is 4.96. The van der Waals surface area contributed by atoms with Gasteiger partial charge in [-0.1, -0.05) is 24.3 Å². The van der Waals surface area contributed by atoms with Crippen LogP contribution in [0.5, 0.6) is 11.5 Å². The van der Waals surface area contributed by atoms with Gasteiger partial charge in [-0.3, -0.25) is 4.79 Å². The van der Waals surface area contributed by atoms with Crippen molar-refractivity contribution < 1.29 is 14.3 Å². The van der Waals surface area contributed by atoms with E-state index in [4.69, 9.17) is 9.47 Å². The van der Waals surface area contributed by atoms with E-state index in [-0.39, 0.29) is 5.91 Å². The van der Waals surface area contributed by atoms with Gasteiger partial charge in [-0.05, 0) is 60.9 Å². The summed E-state index contributed by atoms with van der Waals surface area (Å²) in [6.45, 7) is 1.91. The molecule has 1 amide bonds. The van der Waals surface area contributed by atoms with Crippen LogP contribution >= 0.6 is 0 Å². The molecule has 25 heavy (non-hydrogen) atoms. The standard InChI is InChI=1S/C21H23NO3/c23-21(16-4-2-1-3-5-16)22-11-10-18(15-6-7-15)17-8-9-19-20(14-17)25-13-12-24-19/h1-5,8-9,14-15,18H,6-7,10-13H2,(H,22,23). The van der Waals surface area contributed by atoms with Crippen LogP contribution in [0.4, 0.5) is 0 Å². The van der Waals surface area contributed by atoms with Crippen molar-refractivity contribution in [1.29, 1.82) is 0 Å². The van der Waals surface area contributed by atoms with Crippen LogP contribution in [0, 0.1) is 5.92 Å². The van der Waals surface area contributed by atoms with Gasteiger partial charge in [0.2, 0.25) is 0 Å². The zero-order valence-corrected chi connectivity index (χ0v) is 14.2. The molecule has 0 saturated heterocycles. The van der Waals surface area contributed by atoms with E-state index >= 15 is 0 Å². The number of fused-ring (bicyclic) bond motifs is 1. The summed E-state index contributed by atoms with van der Waals surface area (Å²) in [4.78, 5) is 12.2. The average molecular weight is 337 g/mol. The summed E-state index contributed by atoms with van der Waals surface area (Å²) in [5, 5.41) is 3.05. The maximum Gasteiger partial charge on any atom is 0.251 e. The van der Waals surface area contributed by atoms with E-state index in [2.05, 4.69) is 17.4 Å². The molecule has 0 spiro atoms. The van der Waals surface area contributed by atoms with Crippen LogP contribution in [0.2, 0.25) is 0 Å². The number of rotatable bonds is 6. The molecule has 1 N–H and O–H groups in total. The fourth-order valence-corrected chi connectivity index (χ4v) is 3.50. The Hall–Kier alpha value is -2.49. The molecule has 1 saturated carbocycles. The Morgan fingerprint density at radius 1 is 1.04 bits per heavy atom. The molecule has 130 valence electrons. The molecule has 0 aromatic heterocycles. The maximum atomic E-state index is 12.2. The second kappa shape index (κ2) is 7.18. The Labute approximate surface area is 148 Å². The summed E-state index contributed by atoms with van der Waals surface area (Å²) in [7, 11) is 0. The van der Waals surface area contributed by atoms with Gasteiger partial charge in [0, 0.05) is 12.1 Å². The first kappa shape index (κ1) is 16.0. The quantitative estimate of drug-likeness (QED) is 0.873. The molecule has 4 nitrogen and oxygen atoms in total. The van der Waals surface area contributed by atoms with Crippen molar-refractivity contribution in [2.45, 2.75) is 25.2 Å². The fraction of sp³-hybridized carbons (Fsp3) is 0.381. The van der Waals surface area contributed by atoms with Gasteiger partial charge in [-0.15, -0.1) is 0 Å². The molecule has 0 bridgehead atoms. The average Bonchev–Trinajstić information content (AvgIpc) is 3.50. The van der Waals surface area contributed by atoms with E-state index in [0.717, 1.165) is 23.8 Å². The number of amides is 1. The first-order chi connectivity index (χ1) is 12.3. The number of carbonyl (C=O) groups excluding carboxylic acids is 1. The second-order valence-electron chi connectivity index (χ2n) is 6.76. The molecule has 1 unspecified atom stereocenters. The minimum absolute atomic E-state index is 0.00248. The Kier molecular flexibility index (Phi) is 4.59. The van der Waals surface area contributed by atoms with Crippen LogP contribution in [0.25, 0.3) is 0 Å². The zero-order chi connectivity index (χ0) is 17.1. The van der Waals surface area contributed by atoms with Crippen molar-refractivity contribution in [1.82, 2.24) is 5.32 Å². The minimum atomic E-state index is -0.00248. The van der Waals surface area contributed by atoms with Crippen LogP contribution in [0.3, 0.4) is 0 Å². The maximum absolute atomic E-state index is 12.2. The third kappa shape index (κ3) is 3.78. The summed E-state index contributed by atoms with van der Waals surface area (Å²) >= 11 is 0. The molecule has 1 heterocycles. The van der Waals surface area contributed by atoms with E-state index in [0.29, 0.717) is 31.2 Å². The van der Waals surface area contributed by atoms with Crippen LogP contribution in [0.15, 0.2) is 48.5 Å². The summed E-state index contributed by atoms with van der Waals surface area (Å²) in [6.07, 6.45) is 3.49. The van der Waals surface area contributed by atoms with Crippen molar-refractivity contribution in [2.75, 3.05) is 19.8 Å². The number of nitrogens with one attached hydrogen (secondary N) is 1. The van der Waals surface area contributed by atoms with Gasteiger partial charge in [-0.2, -0.15) is 0 Å². The van der Waals surface area contributed by atoms with E-state index in [1.165, 1.54) is 18.4 Å². The van der Waals surface area contributed by atoms with E-state index in [9.17, 15) is 4.79 Å². The first-order valence-corrected chi connectivity index (χ1v) is 9.04. The molecule has 1 aliphatic heterocycles. The normalized spacial score (nSPS) is 17.0. The van der Waals surface area contributed by atoms with E-state index in [1.54, 1.807) is 0 Å². The van der Waals surface area contributed by atoms with E-state index < -0.39 is 0 Å². The Morgan fingerprint density at radius 2 is 1.80 bits per heavy atom. The van der Waals surface area contributed by atoms with Gasteiger partial charge in [0.25, 0.3) is 5.91 Å². The molecule has 1 fully saturated rings. The Bertz CT molecular complexity index is 740. The van der Waals surface area contributed by atoms with Crippen molar-refractivity contribution in [3.8, 4) is 11.5 Å². The molecule has 1 atom stereocenters. The van der Waals surface area contributed by atoms with Crippen molar-refractivity contribution in [3.63, 3.8) is 0 Å². The highest BCUT2D eigenvalue weighted by atomic mass is 16.6. The van der Waals surface area contributed by atoms with Crippen LogP contribution in [-0.4, -0.2) is 25.7 Å². The van der Waals surface area contributed by atoms with Crippen LogP contribution in [0.1, 0.15) is 41.1 Å². The molecule has 2 aromatic carbocycles. The lowest BCUT2D eigenvalue weighted by Crippen LogP contribution is -2.26. The molecule has 1 aliphatic carbocycles. The van der Waals surface area contributed by atoms with Gasteiger partial charge in [0.15, 0.2) is 11.5 Å². The minimum Gasteiger partial charge on any atom is -0.486 e. The smallest absolute Gasteiger partial charge is 0.251 e. The second-order valence-corrected chi connectivity index (χ2v) is 6.76. The predicted molar refractivity (Wildman–Crippen MR) is 96.3 cm³/mol. The summed E-state index contributed by atoms with van der Waals surface area (Å²) in [5.74, 6) is 2.87. The van der Waals surface area contributed by atoms with Crippen LogP contribution < -0.4 is 14.8 Å².